The average molecular weight is 502 g/mol. The molecule has 0 bridgehead atoms. The summed E-state index contributed by atoms with van der Waals surface area (Å²) in [5.74, 6) is 5.43. The molecular weight excluding hydrogens is 462 g/mol. The molecule has 9 heteroatoms. The van der Waals surface area contributed by atoms with Crippen LogP contribution in [0.1, 0.15) is 69.8 Å². The third-order valence-electron chi connectivity index (χ3n) is 4.98. The van der Waals surface area contributed by atoms with E-state index in [1.54, 1.807) is 23.2 Å². The van der Waals surface area contributed by atoms with E-state index in [2.05, 4.69) is 5.10 Å². The molecule has 4 N–H and O–H groups in total. The van der Waals surface area contributed by atoms with E-state index in [9.17, 15) is 9.90 Å². The Morgan fingerprint density at radius 2 is 1.44 bits per heavy atom. The first-order valence-corrected chi connectivity index (χ1v) is 12.0. The van der Waals surface area contributed by atoms with E-state index in [0.29, 0.717) is 24.5 Å². The van der Waals surface area contributed by atoms with E-state index in [1.165, 1.54) is 6.07 Å². The van der Waals surface area contributed by atoms with Gasteiger partial charge in [-0.2, -0.15) is 5.10 Å². The number of carboxylic acids is 1. The quantitative estimate of drug-likeness (QED) is 0.167. The number of carboxylic acid groups (broad SMARTS) is 1. The number of rotatable bonds is 12. The SMILES string of the molecule is CC(=O)O.CC(C)N(C(=O)c1ccc(OCCCCCOc2ccc(C=NN)cc2)cc1O)C(C)C. The van der Waals surface area contributed by atoms with Crippen molar-refractivity contribution in [3.05, 3.63) is 53.6 Å². The van der Waals surface area contributed by atoms with Crippen LogP contribution in [-0.2, 0) is 4.79 Å². The van der Waals surface area contributed by atoms with E-state index in [0.717, 1.165) is 37.5 Å². The first-order chi connectivity index (χ1) is 17.1. The highest BCUT2D eigenvalue weighted by Gasteiger charge is 2.24. The van der Waals surface area contributed by atoms with Gasteiger partial charge in [-0.05, 0) is 88.9 Å². The van der Waals surface area contributed by atoms with Crippen molar-refractivity contribution >= 4 is 18.1 Å². The molecule has 0 saturated carbocycles. The highest BCUT2D eigenvalue weighted by Crippen LogP contribution is 2.26. The van der Waals surface area contributed by atoms with Gasteiger partial charge in [0, 0.05) is 25.1 Å². The van der Waals surface area contributed by atoms with Crippen LogP contribution in [-0.4, -0.2) is 58.5 Å². The molecule has 0 heterocycles. The molecule has 0 aliphatic carbocycles. The Hall–Kier alpha value is -3.75. The van der Waals surface area contributed by atoms with Crippen molar-refractivity contribution in [2.75, 3.05) is 13.2 Å². The maximum atomic E-state index is 12.8. The van der Waals surface area contributed by atoms with Crippen LogP contribution in [0, 0.1) is 0 Å². The lowest BCUT2D eigenvalue weighted by atomic mass is 10.1. The summed E-state index contributed by atoms with van der Waals surface area (Å²) in [6.07, 6.45) is 4.32. The lowest BCUT2D eigenvalue weighted by molar-refractivity contribution is -0.134. The van der Waals surface area contributed by atoms with Crippen LogP contribution in [0.2, 0.25) is 0 Å². The van der Waals surface area contributed by atoms with Crippen LogP contribution >= 0.6 is 0 Å². The number of nitrogens with two attached hydrogens (primary N) is 1. The number of hydrazone groups is 1. The second-order valence-electron chi connectivity index (χ2n) is 8.70. The smallest absolute Gasteiger partial charge is 0.300 e. The predicted molar refractivity (Wildman–Crippen MR) is 141 cm³/mol. The second-order valence-corrected chi connectivity index (χ2v) is 8.70. The molecule has 36 heavy (non-hydrogen) atoms. The molecule has 0 spiro atoms. The zero-order valence-corrected chi connectivity index (χ0v) is 21.8. The molecule has 0 atom stereocenters. The van der Waals surface area contributed by atoms with Crippen molar-refractivity contribution in [2.24, 2.45) is 10.9 Å². The Morgan fingerprint density at radius 1 is 0.944 bits per heavy atom. The van der Waals surface area contributed by atoms with Crippen molar-refractivity contribution in [3.63, 3.8) is 0 Å². The van der Waals surface area contributed by atoms with Crippen LogP contribution in [0.5, 0.6) is 17.2 Å². The Labute approximate surface area is 213 Å². The summed E-state index contributed by atoms with van der Waals surface area (Å²) >= 11 is 0. The van der Waals surface area contributed by atoms with E-state index < -0.39 is 5.97 Å². The first-order valence-electron chi connectivity index (χ1n) is 12.0. The molecule has 9 nitrogen and oxygen atoms in total. The minimum atomic E-state index is -0.833. The summed E-state index contributed by atoms with van der Waals surface area (Å²) in [5.41, 5.74) is 1.22. The number of unbranched alkanes of at least 4 members (excludes halogenated alkanes) is 2. The molecule has 0 fully saturated rings. The second kappa shape index (κ2) is 16.0. The lowest BCUT2D eigenvalue weighted by Crippen LogP contribution is -2.42. The molecule has 0 aromatic heterocycles. The van der Waals surface area contributed by atoms with Gasteiger partial charge in [-0.15, -0.1) is 0 Å². The van der Waals surface area contributed by atoms with E-state index in [1.807, 2.05) is 52.0 Å². The van der Waals surface area contributed by atoms with Crippen LogP contribution in [0.4, 0.5) is 0 Å². The molecule has 198 valence electrons. The highest BCUT2D eigenvalue weighted by molar-refractivity contribution is 5.97. The molecule has 0 unspecified atom stereocenters. The van der Waals surface area contributed by atoms with Gasteiger partial charge in [-0.1, -0.05) is 0 Å². The van der Waals surface area contributed by atoms with Crippen molar-refractivity contribution in [1.29, 1.82) is 0 Å². The number of aromatic hydroxyl groups is 1. The number of phenolic OH excluding ortho intramolecular Hbond substituents is 1. The van der Waals surface area contributed by atoms with E-state index in [-0.39, 0.29) is 23.7 Å². The maximum absolute atomic E-state index is 12.8. The minimum absolute atomic E-state index is 0.0479. The molecule has 0 aliphatic rings. The van der Waals surface area contributed by atoms with Crippen molar-refractivity contribution in [2.45, 2.75) is 66.0 Å². The fourth-order valence-corrected chi connectivity index (χ4v) is 3.48. The Balaban J connectivity index is 0.00000150. The average Bonchev–Trinajstić information content (AvgIpc) is 2.79. The molecule has 0 aliphatic heterocycles. The topological polar surface area (TPSA) is 135 Å². The highest BCUT2D eigenvalue weighted by atomic mass is 16.5. The van der Waals surface area contributed by atoms with Gasteiger partial charge in [-0.25, -0.2) is 0 Å². The molecule has 2 rings (SSSR count). The van der Waals surface area contributed by atoms with Crippen LogP contribution in [0.25, 0.3) is 0 Å². The van der Waals surface area contributed by atoms with E-state index >= 15 is 0 Å². The summed E-state index contributed by atoms with van der Waals surface area (Å²) in [5, 5.41) is 21.3. The molecule has 0 radical (unpaired) electrons. The van der Waals surface area contributed by atoms with Gasteiger partial charge in [0.15, 0.2) is 0 Å². The summed E-state index contributed by atoms with van der Waals surface area (Å²) < 4.78 is 11.5. The zero-order valence-electron chi connectivity index (χ0n) is 21.8. The predicted octanol–water partition coefficient (Wildman–Crippen LogP) is 4.66. The van der Waals surface area contributed by atoms with Gasteiger partial charge in [0.25, 0.3) is 11.9 Å². The standard InChI is InChI=1S/C25H35N3O4.C2H4O2/c1-18(2)28(19(3)4)25(30)23-13-12-22(16-24(23)29)32-15-7-5-6-14-31-21-10-8-20(9-11-21)17-27-26;1-2(3)4/h8-13,16-19,29H,5-7,14-15,26H2,1-4H3;1H3,(H,3,4). The Bertz CT molecular complexity index is 962. The fraction of sp³-hybridized carbons (Fsp3) is 0.444. The maximum Gasteiger partial charge on any atom is 0.300 e. The third-order valence-corrected chi connectivity index (χ3v) is 4.98. The van der Waals surface area contributed by atoms with Gasteiger partial charge in [0.2, 0.25) is 0 Å². The number of carbonyl (C=O) groups is 2. The fourth-order valence-electron chi connectivity index (χ4n) is 3.48. The van der Waals surface area contributed by atoms with Crippen molar-refractivity contribution in [1.82, 2.24) is 4.90 Å². The zero-order chi connectivity index (χ0) is 27.1. The number of nitrogens with zero attached hydrogens (tertiary/aromatic N) is 2. The van der Waals surface area contributed by atoms with Crippen molar-refractivity contribution < 1.29 is 29.3 Å². The number of hydrogen-bond acceptors (Lipinski definition) is 7. The van der Waals surface area contributed by atoms with Gasteiger partial charge >= 0.3 is 0 Å². The van der Waals surface area contributed by atoms with Crippen molar-refractivity contribution in [3.8, 4) is 17.2 Å². The van der Waals surface area contributed by atoms with Gasteiger partial charge in [-0.3, -0.25) is 9.59 Å². The molecule has 0 saturated heterocycles. The van der Waals surface area contributed by atoms with Crippen LogP contribution in [0.3, 0.4) is 0 Å². The number of ether oxygens (including phenoxy) is 2. The first kappa shape index (κ1) is 30.3. The number of hydrogen-bond donors (Lipinski definition) is 3. The summed E-state index contributed by atoms with van der Waals surface area (Å²) in [6, 6.07) is 12.5. The number of benzene rings is 2. The molecule has 2 aromatic rings. The Kier molecular flexibility index (Phi) is 13.5. The number of phenols is 1. The number of amides is 1. The largest absolute Gasteiger partial charge is 0.507 e. The van der Waals surface area contributed by atoms with E-state index in [4.69, 9.17) is 25.2 Å². The summed E-state index contributed by atoms with van der Waals surface area (Å²) in [7, 11) is 0. The monoisotopic (exact) mass is 501 g/mol. The van der Waals surface area contributed by atoms with Gasteiger partial charge in [0.1, 0.15) is 17.2 Å². The van der Waals surface area contributed by atoms with Gasteiger partial charge < -0.3 is 30.4 Å². The third kappa shape index (κ3) is 11.1. The summed E-state index contributed by atoms with van der Waals surface area (Å²) in [4.78, 5) is 23.5. The molecular formula is C27H39N3O6. The molecule has 2 aromatic carbocycles. The lowest BCUT2D eigenvalue weighted by Gasteiger charge is -2.31. The molecule has 1 amide bonds. The summed E-state index contributed by atoms with van der Waals surface area (Å²) in [6.45, 7) is 10.1. The minimum Gasteiger partial charge on any atom is -0.507 e. The van der Waals surface area contributed by atoms with Gasteiger partial charge in [0.05, 0.1) is 25.0 Å². The number of aliphatic carboxylic acids is 1. The normalized spacial score (nSPS) is 10.8. The number of carbonyl (C=O) groups excluding carboxylic acids is 1. The van der Waals surface area contributed by atoms with Crippen LogP contribution in [0.15, 0.2) is 47.6 Å². The van der Waals surface area contributed by atoms with Crippen LogP contribution < -0.4 is 15.3 Å². The Morgan fingerprint density at radius 3 is 1.92 bits per heavy atom.